The first-order valence-electron chi connectivity index (χ1n) is 6.20. The Balaban J connectivity index is 2.05. The van der Waals surface area contributed by atoms with E-state index in [0.717, 1.165) is 29.8 Å². The van der Waals surface area contributed by atoms with Gasteiger partial charge in [-0.3, -0.25) is 0 Å². The summed E-state index contributed by atoms with van der Waals surface area (Å²) in [5.41, 5.74) is 2.41. The van der Waals surface area contributed by atoms with Crippen molar-refractivity contribution in [1.29, 1.82) is 0 Å². The molecule has 0 amide bonds. The Morgan fingerprint density at radius 2 is 2.12 bits per heavy atom. The molecule has 0 bridgehead atoms. The van der Waals surface area contributed by atoms with Crippen molar-refractivity contribution in [3.63, 3.8) is 0 Å². The first kappa shape index (κ1) is 12.6. The van der Waals surface area contributed by atoms with E-state index in [4.69, 9.17) is 11.6 Å². The number of halogens is 1. The van der Waals surface area contributed by atoms with E-state index >= 15 is 0 Å². The first-order valence-corrected chi connectivity index (χ1v) is 6.73. The van der Waals surface area contributed by atoms with E-state index in [-0.39, 0.29) is 0 Å². The van der Waals surface area contributed by atoms with Crippen molar-refractivity contribution in [3.8, 4) is 0 Å². The quantitative estimate of drug-likeness (QED) is 0.818. The van der Waals surface area contributed by atoms with Crippen LogP contribution in [0.2, 0.25) is 0 Å². The minimum Gasteiger partial charge on any atom is -0.354 e. The first-order chi connectivity index (χ1) is 8.04. The van der Waals surface area contributed by atoms with Crippen LogP contribution in [0.3, 0.4) is 0 Å². The highest BCUT2D eigenvalue weighted by Gasteiger charge is 2.41. The van der Waals surface area contributed by atoms with E-state index < -0.39 is 0 Å². The number of alkyl halides is 1. The van der Waals surface area contributed by atoms with Gasteiger partial charge in [0, 0.05) is 29.2 Å². The van der Waals surface area contributed by atoms with Crippen molar-refractivity contribution in [2.45, 2.75) is 39.5 Å². The maximum absolute atomic E-state index is 5.95. The second-order valence-corrected chi connectivity index (χ2v) is 5.67. The number of rotatable bonds is 5. The lowest BCUT2D eigenvalue weighted by atomic mass is 10.1. The zero-order valence-corrected chi connectivity index (χ0v) is 11.5. The minimum atomic E-state index is 0.298. The Morgan fingerprint density at radius 1 is 1.41 bits per heavy atom. The molecular weight excluding hydrogens is 234 g/mol. The van der Waals surface area contributed by atoms with E-state index in [9.17, 15) is 0 Å². The fourth-order valence-corrected chi connectivity index (χ4v) is 2.13. The molecule has 1 fully saturated rings. The highest BCUT2D eigenvalue weighted by molar-refractivity contribution is 6.18. The van der Waals surface area contributed by atoms with E-state index in [2.05, 4.69) is 29.1 Å². The van der Waals surface area contributed by atoms with Gasteiger partial charge in [0.05, 0.1) is 0 Å². The third kappa shape index (κ3) is 3.09. The van der Waals surface area contributed by atoms with Crippen LogP contribution in [0.5, 0.6) is 0 Å². The highest BCUT2D eigenvalue weighted by Crippen LogP contribution is 2.46. The van der Waals surface area contributed by atoms with Crippen molar-refractivity contribution in [1.82, 2.24) is 9.97 Å². The van der Waals surface area contributed by atoms with Crippen LogP contribution in [0.15, 0.2) is 6.07 Å². The van der Waals surface area contributed by atoms with E-state index in [0.29, 0.717) is 11.3 Å². The molecule has 0 aromatic carbocycles. The number of hydrogen-bond donors (Lipinski definition) is 1. The monoisotopic (exact) mass is 253 g/mol. The zero-order valence-electron chi connectivity index (χ0n) is 10.8. The summed E-state index contributed by atoms with van der Waals surface area (Å²) in [4.78, 5) is 8.95. The molecule has 1 heterocycles. The lowest BCUT2D eigenvalue weighted by Crippen LogP contribution is -2.18. The number of anilines is 1. The average molecular weight is 254 g/mol. The van der Waals surface area contributed by atoms with Gasteiger partial charge in [-0.2, -0.15) is 0 Å². The van der Waals surface area contributed by atoms with Gasteiger partial charge in [0.1, 0.15) is 0 Å². The second-order valence-electron chi connectivity index (χ2n) is 5.40. The molecule has 0 radical (unpaired) electrons. The smallest absolute Gasteiger partial charge is 0.223 e. The fraction of sp³-hybridized carbons (Fsp3) is 0.692. The van der Waals surface area contributed by atoms with Crippen molar-refractivity contribution in [2.24, 2.45) is 5.41 Å². The standard InChI is InChI=1S/C13H20ClN3/c1-9(2)11-6-10(3)16-12(17-11)15-8-13(7-14)4-5-13/h6,9H,4-5,7-8H2,1-3H3,(H,15,16,17). The fourth-order valence-electron chi connectivity index (χ4n) is 1.77. The van der Waals surface area contributed by atoms with Gasteiger partial charge in [0.25, 0.3) is 0 Å². The molecule has 1 aliphatic carbocycles. The van der Waals surface area contributed by atoms with Crippen LogP contribution in [-0.4, -0.2) is 22.4 Å². The van der Waals surface area contributed by atoms with Gasteiger partial charge in [0.15, 0.2) is 0 Å². The minimum absolute atomic E-state index is 0.298. The molecule has 17 heavy (non-hydrogen) atoms. The molecule has 0 spiro atoms. The van der Waals surface area contributed by atoms with E-state index in [1.54, 1.807) is 0 Å². The SMILES string of the molecule is Cc1cc(C(C)C)nc(NCC2(CCl)CC2)n1. The number of hydrogen-bond acceptors (Lipinski definition) is 3. The van der Waals surface area contributed by atoms with Gasteiger partial charge < -0.3 is 5.32 Å². The number of aromatic nitrogens is 2. The molecular formula is C13H20ClN3. The maximum atomic E-state index is 5.95. The van der Waals surface area contributed by atoms with Crippen molar-refractivity contribution in [2.75, 3.05) is 17.7 Å². The van der Waals surface area contributed by atoms with E-state index in [1.807, 2.05) is 13.0 Å². The van der Waals surface area contributed by atoms with Crippen LogP contribution in [0.1, 0.15) is 44.0 Å². The number of nitrogens with zero attached hydrogens (tertiary/aromatic N) is 2. The maximum Gasteiger partial charge on any atom is 0.223 e. The summed E-state index contributed by atoms with van der Waals surface area (Å²) in [6, 6.07) is 2.05. The molecule has 0 atom stereocenters. The van der Waals surface area contributed by atoms with E-state index in [1.165, 1.54) is 12.8 Å². The Hall–Kier alpha value is -0.830. The van der Waals surface area contributed by atoms with Crippen molar-refractivity contribution >= 4 is 17.5 Å². The zero-order chi connectivity index (χ0) is 12.5. The number of aryl methyl sites for hydroxylation is 1. The molecule has 94 valence electrons. The number of nitrogens with one attached hydrogen (secondary N) is 1. The van der Waals surface area contributed by atoms with Crippen LogP contribution < -0.4 is 5.32 Å². The Morgan fingerprint density at radius 3 is 2.65 bits per heavy atom. The highest BCUT2D eigenvalue weighted by atomic mass is 35.5. The van der Waals surface area contributed by atoms with Crippen LogP contribution in [0.4, 0.5) is 5.95 Å². The third-order valence-electron chi connectivity index (χ3n) is 3.33. The molecule has 0 unspecified atom stereocenters. The molecule has 1 N–H and O–H groups in total. The predicted octanol–water partition coefficient (Wildman–Crippen LogP) is 3.34. The summed E-state index contributed by atoms with van der Waals surface area (Å²) in [5.74, 6) is 1.90. The molecule has 2 rings (SSSR count). The molecule has 1 aromatic heterocycles. The summed E-state index contributed by atoms with van der Waals surface area (Å²) in [6.07, 6.45) is 2.43. The van der Waals surface area contributed by atoms with Crippen molar-refractivity contribution < 1.29 is 0 Å². The summed E-state index contributed by atoms with van der Waals surface area (Å²) < 4.78 is 0. The average Bonchev–Trinajstić information content (AvgIpc) is 3.06. The molecule has 4 heteroatoms. The summed E-state index contributed by atoms with van der Waals surface area (Å²) in [5, 5.41) is 3.33. The Bertz CT molecular complexity index is 400. The molecule has 0 aliphatic heterocycles. The lowest BCUT2D eigenvalue weighted by Gasteiger charge is -2.14. The Labute approximate surface area is 108 Å². The summed E-state index contributed by atoms with van der Waals surface area (Å²) in [6.45, 7) is 7.18. The largest absolute Gasteiger partial charge is 0.354 e. The lowest BCUT2D eigenvalue weighted by molar-refractivity contribution is 0.614. The van der Waals surface area contributed by atoms with Gasteiger partial charge in [-0.1, -0.05) is 13.8 Å². The van der Waals surface area contributed by atoms with Gasteiger partial charge in [-0.15, -0.1) is 11.6 Å². The second kappa shape index (κ2) is 4.81. The third-order valence-corrected chi connectivity index (χ3v) is 3.89. The molecule has 0 saturated heterocycles. The Kier molecular flexibility index (Phi) is 3.57. The van der Waals surface area contributed by atoms with Gasteiger partial charge in [-0.05, 0) is 31.7 Å². The molecule has 1 aliphatic rings. The van der Waals surface area contributed by atoms with Crippen molar-refractivity contribution in [3.05, 3.63) is 17.5 Å². The summed E-state index contributed by atoms with van der Waals surface area (Å²) in [7, 11) is 0. The molecule has 1 saturated carbocycles. The van der Waals surface area contributed by atoms with Crippen LogP contribution in [0.25, 0.3) is 0 Å². The summed E-state index contributed by atoms with van der Waals surface area (Å²) >= 11 is 5.95. The van der Waals surface area contributed by atoms with Crippen LogP contribution in [-0.2, 0) is 0 Å². The molecule has 3 nitrogen and oxygen atoms in total. The molecule has 1 aromatic rings. The normalized spacial score (nSPS) is 17.2. The topological polar surface area (TPSA) is 37.8 Å². The van der Waals surface area contributed by atoms with Gasteiger partial charge >= 0.3 is 0 Å². The van der Waals surface area contributed by atoms with Crippen LogP contribution >= 0.6 is 11.6 Å². The van der Waals surface area contributed by atoms with Gasteiger partial charge in [0.2, 0.25) is 5.95 Å². The van der Waals surface area contributed by atoms with Gasteiger partial charge in [-0.25, -0.2) is 9.97 Å². The van der Waals surface area contributed by atoms with Crippen LogP contribution in [0, 0.1) is 12.3 Å². The predicted molar refractivity (Wildman–Crippen MR) is 71.7 cm³/mol.